The zero-order valence-electron chi connectivity index (χ0n) is 17.4. The minimum Gasteiger partial charge on any atom is -0.497 e. The zero-order valence-corrected chi connectivity index (χ0v) is 18.2. The lowest BCUT2D eigenvalue weighted by Crippen LogP contribution is -2.35. The van der Waals surface area contributed by atoms with Gasteiger partial charge in [-0.25, -0.2) is 4.98 Å². The van der Waals surface area contributed by atoms with Gasteiger partial charge in [0.05, 0.1) is 28.9 Å². The first-order valence-electron chi connectivity index (χ1n) is 10.5. The van der Waals surface area contributed by atoms with Gasteiger partial charge in [0.25, 0.3) is 0 Å². The average molecular weight is 411 g/mol. The molecule has 1 saturated heterocycles. The number of fused-ring (bicyclic) bond motifs is 1. The van der Waals surface area contributed by atoms with Crippen LogP contribution in [0.1, 0.15) is 29.8 Å². The lowest BCUT2D eigenvalue weighted by Gasteiger charge is -2.32. The molecule has 4 nitrogen and oxygen atoms in total. The predicted octanol–water partition coefficient (Wildman–Crippen LogP) is 5.34. The quantitative estimate of drug-likeness (QED) is 0.470. The van der Waals surface area contributed by atoms with Gasteiger partial charge in [0.15, 0.2) is 0 Å². The van der Waals surface area contributed by atoms with Gasteiger partial charge < -0.3 is 14.4 Å². The second-order valence-corrected chi connectivity index (χ2v) is 9.14. The van der Waals surface area contributed by atoms with Crippen LogP contribution in [0.3, 0.4) is 0 Å². The van der Waals surface area contributed by atoms with Gasteiger partial charge in [-0.15, -0.1) is 11.3 Å². The SMILES string of the molecule is COc1cccc(CC2CCN(CCCOc3ccc4sc(C)nc4c3)CC2)c1. The van der Waals surface area contributed by atoms with Crippen molar-refractivity contribution in [3.8, 4) is 11.5 Å². The van der Waals surface area contributed by atoms with E-state index in [2.05, 4.69) is 46.3 Å². The first-order valence-corrected chi connectivity index (χ1v) is 11.4. The molecule has 3 aromatic rings. The Balaban J connectivity index is 1.16. The summed E-state index contributed by atoms with van der Waals surface area (Å²) in [7, 11) is 1.74. The van der Waals surface area contributed by atoms with E-state index in [0.29, 0.717) is 0 Å². The van der Waals surface area contributed by atoms with Crippen molar-refractivity contribution in [1.82, 2.24) is 9.88 Å². The number of nitrogens with zero attached hydrogens (tertiary/aromatic N) is 2. The number of aromatic nitrogens is 1. The standard InChI is InChI=1S/C24H30N2O2S/c1-18-25-23-17-22(7-8-24(23)29-18)28-14-4-11-26-12-9-19(10-13-26)15-20-5-3-6-21(16-20)27-2/h3,5-8,16-17,19H,4,9-15H2,1-2H3. The van der Waals surface area contributed by atoms with Crippen LogP contribution in [0.5, 0.6) is 11.5 Å². The Morgan fingerprint density at radius 1 is 1.10 bits per heavy atom. The van der Waals surface area contributed by atoms with Crippen LogP contribution in [0.15, 0.2) is 42.5 Å². The van der Waals surface area contributed by atoms with E-state index in [1.807, 2.05) is 13.0 Å². The minimum atomic E-state index is 0.762. The Labute approximate surface area is 177 Å². The molecule has 0 saturated carbocycles. The highest BCUT2D eigenvalue weighted by Gasteiger charge is 2.19. The summed E-state index contributed by atoms with van der Waals surface area (Å²) in [6.45, 7) is 6.31. The summed E-state index contributed by atoms with van der Waals surface area (Å²) in [5.41, 5.74) is 2.44. The van der Waals surface area contributed by atoms with Crippen molar-refractivity contribution in [2.24, 2.45) is 5.92 Å². The number of thiazole rings is 1. The molecule has 0 aliphatic carbocycles. The summed E-state index contributed by atoms with van der Waals surface area (Å²) < 4.78 is 12.5. The molecule has 5 heteroatoms. The Bertz CT molecular complexity index is 932. The number of piperidine rings is 1. The summed E-state index contributed by atoms with van der Waals surface area (Å²) in [5.74, 6) is 2.67. The highest BCUT2D eigenvalue weighted by Crippen LogP contribution is 2.26. The molecule has 0 spiro atoms. The topological polar surface area (TPSA) is 34.6 Å². The molecule has 2 aromatic carbocycles. The van der Waals surface area contributed by atoms with Gasteiger partial charge in [0.1, 0.15) is 11.5 Å². The van der Waals surface area contributed by atoms with Gasteiger partial charge in [-0.05, 0) is 81.4 Å². The van der Waals surface area contributed by atoms with Crippen molar-refractivity contribution in [3.63, 3.8) is 0 Å². The third-order valence-corrected chi connectivity index (χ3v) is 6.67. The molecular weight excluding hydrogens is 380 g/mol. The van der Waals surface area contributed by atoms with E-state index >= 15 is 0 Å². The molecular formula is C24H30N2O2S. The Morgan fingerprint density at radius 3 is 2.79 bits per heavy atom. The monoisotopic (exact) mass is 410 g/mol. The first kappa shape index (κ1) is 20.2. The molecule has 1 fully saturated rings. The van der Waals surface area contributed by atoms with Gasteiger partial charge in [-0.2, -0.15) is 0 Å². The maximum absolute atomic E-state index is 5.96. The minimum absolute atomic E-state index is 0.762. The average Bonchev–Trinajstić information content (AvgIpc) is 3.12. The number of hydrogen-bond acceptors (Lipinski definition) is 5. The molecule has 0 amide bonds. The van der Waals surface area contributed by atoms with Crippen LogP contribution < -0.4 is 9.47 Å². The molecule has 1 aliphatic heterocycles. The number of ether oxygens (including phenoxy) is 2. The van der Waals surface area contributed by atoms with E-state index in [-0.39, 0.29) is 0 Å². The fraction of sp³-hybridized carbons (Fsp3) is 0.458. The normalized spacial score (nSPS) is 15.7. The maximum Gasteiger partial charge on any atom is 0.121 e. The lowest BCUT2D eigenvalue weighted by atomic mass is 9.90. The molecule has 2 heterocycles. The first-order chi connectivity index (χ1) is 14.2. The fourth-order valence-corrected chi connectivity index (χ4v) is 4.94. The van der Waals surface area contributed by atoms with E-state index in [1.165, 1.54) is 36.2 Å². The van der Waals surface area contributed by atoms with Crippen molar-refractivity contribution in [2.75, 3.05) is 33.4 Å². The smallest absolute Gasteiger partial charge is 0.121 e. The van der Waals surface area contributed by atoms with Gasteiger partial charge >= 0.3 is 0 Å². The summed E-state index contributed by atoms with van der Waals surface area (Å²) in [6, 6.07) is 14.7. The number of benzene rings is 2. The van der Waals surface area contributed by atoms with Gasteiger partial charge in [-0.3, -0.25) is 0 Å². The van der Waals surface area contributed by atoms with Gasteiger partial charge in [-0.1, -0.05) is 12.1 Å². The zero-order chi connectivity index (χ0) is 20.1. The number of hydrogen-bond donors (Lipinski definition) is 0. The number of rotatable bonds is 8. The third kappa shape index (κ3) is 5.49. The molecule has 154 valence electrons. The molecule has 0 atom stereocenters. The van der Waals surface area contributed by atoms with Crippen LogP contribution in [0, 0.1) is 12.8 Å². The highest BCUT2D eigenvalue weighted by molar-refractivity contribution is 7.18. The van der Waals surface area contributed by atoms with Crippen molar-refractivity contribution in [2.45, 2.75) is 32.6 Å². The Hall–Kier alpha value is -2.11. The van der Waals surface area contributed by atoms with Gasteiger partial charge in [0.2, 0.25) is 0 Å². The molecule has 0 radical (unpaired) electrons. The maximum atomic E-state index is 5.96. The Kier molecular flexibility index (Phi) is 6.67. The predicted molar refractivity (Wildman–Crippen MR) is 120 cm³/mol. The fourth-order valence-electron chi connectivity index (χ4n) is 4.14. The Morgan fingerprint density at radius 2 is 1.97 bits per heavy atom. The van der Waals surface area contributed by atoms with Crippen molar-refractivity contribution in [1.29, 1.82) is 0 Å². The third-order valence-electron chi connectivity index (χ3n) is 5.72. The van der Waals surface area contributed by atoms with E-state index in [0.717, 1.165) is 53.9 Å². The van der Waals surface area contributed by atoms with E-state index in [1.54, 1.807) is 18.4 Å². The molecule has 1 aromatic heterocycles. The molecule has 29 heavy (non-hydrogen) atoms. The number of likely N-dealkylation sites (tertiary alicyclic amines) is 1. The number of methoxy groups -OCH3 is 1. The van der Waals surface area contributed by atoms with E-state index in [4.69, 9.17) is 9.47 Å². The van der Waals surface area contributed by atoms with Crippen molar-refractivity contribution >= 4 is 21.6 Å². The van der Waals surface area contributed by atoms with Crippen LogP contribution in [-0.4, -0.2) is 43.2 Å². The summed E-state index contributed by atoms with van der Waals surface area (Å²) in [6.07, 6.45) is 4.78. The summed E-state index contributed by atoms with van der Waals surface area (Å²) in [5, 5.41) is 1.10. The van der Waals surface area contributed by atoms with E-state index in [9.17, 15) is 0 Å². The summed E-state index contributed by atoms with van der Waals surface area (Å²) >= 11 is 1.73. The van der Waals surface area contributed by atoms with Crippen LogP contribution in [0.4, 0.5) is 0 Å². The summed E-state index contributed by atoms with van der Waals surface area (Å²) in [4.78, 5) is 7.13. The number of aryl methyl sites for hydroxylation is 1. The lowest BCUT2D eigenvalue weighted by molar-refractivity contribution is 0.170. The molecule has 0 unspecified atom stereocenters. The molecule has 0 N–H and O–H groups in total. The second-order valence-electron chi connectivity index (χ2n) is 7.91. The molecule has 1 aliphatic rings. The largest absolute Gasteiger partial charge is 0.497 e. The van der Waals surface area contributed by atoms with Crippen molar-refractivity contribution < 1.29 is 9.47 Å². The second kappa shape index (κ2) is 9.59. The van der Waals surface area contributed by atoms with Gasteiger partial charge in [0, 0.05) is 12.6 Å². The van der Waals surface area contributed by atoms with Crippen molar-refractivity contribution in [3.05, 3.63) is 53.0 Å². The molecule has 0 bridgehead atoms. The highest BCUT2D eigenvalue weighted by atomic mass is 32.1. The van der Waals surface area contributed by atoms with Crippen LogP contribution in [0.2, 0.25) is 0 Å². The van der Waals surface area contributed by atoms with E-state index < -0.39 is 0 Å². The van der Waals surface area contributed by atoms with Crippen LogP contribution in [-0.2, 0) is 6.42 Å². The van der Waals surface area contributed by atoms with Crippen LogP contribution in [0.25, 0.3) is 10.2 Å². The van der Waals surface area contributed by atoms with Crippen LogP contribution >= 0.6 is 11.3 Å². The molecule has 4 rings (SSSR count).